The van der Waals surface area contributed by atoms with Crippen LogP contribution in [0.1, 0.15) is 38.8 Å². The maximum absolute atomic E-state index is 7.70. The largest absolute Gasteiger partial charge is 0.444 e. The summed E-state index contributed by atoms with van der Waals surface area (Å²) in [6.07, 6.45) is 0. The van der Waals surface area contributed by atoms with Crippen LogP contribution in [0.15, 0.2) is 36.6 Å². The highest BCUT2D eigenvalue weighted by Gasteiger charge is 2.13. The Morgan fingerprint density at radius 1 is 1.19 bits per heavy atom. The van der Waals surface area contributed by atoms with E-state index in [0.717, 1.165) is 5.56 Å². The fourth-order valence-electron chi connectivity index (χ4n) is 1.35. The lowest BCUT2D eigenvalue weighted by Gasteiger charge is -2.19. The van der Waals surface area contributed by atoms with Gasteiger partial charge < -0.3 is 4.74 Å². The molecule has 0 saturated heterocycles. The summed E-state index contributed by atoms with van der Waals surface area (Å²) in [4.78, 5) is 0. The first kappa shape index (κ1) is 12.5. The molecule has 0 heterocycles. The molecule has 0 fully saturated rings. The smallest absolute Gasteiger partial charge is 0.218 e. The first-order chi connectivity index (χ1) is 7.30. The summed E-state index contributed by atoms with van der Waals surface area (Å²) >= 11 is 0. The minimum absolute atomic E-state index is 0.135. The maximum atomic E-state index is 7.70. The summed E-state index contributed by atoms with van der Waals surface area (Å²) in [5, 5.41) is 7.70. The second kappa shape index (κ2) is 4.52. The van der Waals surface area contributed by atoms with E-state index in [1.165, 1.54) is 5.56 Å². The number of ether oxygens (including phenoxy) is 1. The van der Waals surface area contributed by atoms with Crippen molar-refractivity contribution >= 4 is 5.90 Å². The van der Waals surface area contributed by atoms with Crippen molar-refractivity contribution in [3.63, 3.8) is 0 Å². The van der Waals surface area contributed by atoms with Crippen LogP contribution in [-0.2, 0) is 10.2 Å². The molecule has 1 aromatic carbocycles. The molecule has 2 nitrogen and oxygen atoms in total. The van der Waals surface area contributed by atoms with E-state index in [1.807, 2.05) is 24.3 Å². The summed E-state index contributed by atoms with van der Waals surface area (Å²) in [7, 11) is 0. The lowest BCUT2D eigenvalue weighted by atomic mass is 9.87. The van der Waals surface area contributed by atoms with Gasteiger partial charge in [0.05, 0.1) is 5.76 Å². The summed E-state index contributed by atoms with van der Waals surface area (Å²) in [6, 6.07) is 7.88. The molecule has 0 aliphatic rings. The van der Waals surface area contributed by atoms with Gasteiger partial charge in [-0.2, -0.15) is 0 Å². The second-order valence-corrected chi connectivity index (χ2v) is 4.96. The van der Waals surface area contributed by atoms with Crippen LogP contribution < -0.4 is 0 Å². The van der Waals surface area contributed by atoms with E-state index in [4.69, 9.17) is 10.1 Å². The van der Waals surface area contributed by atoms with Crippen molar-refractivity contribution in [2.75, 3.05) is 0 Å². The van der Waals surface area contributed by atoms with Crippen LogP contribution in [0.25, 0.3) is 0 Å². The van der Waals surface area contributed by atoms with Crippen molar-refractivity contribution in [2.45, 2.75) is 33.1 Å². The first-order valence-electron chi connectivity index (χ1n) is 5.33. The van der Waals surface area contributed by atoms with Gasteiger partial charge in [-0.05, 0) is 30.0 Å². The molecule has 1 rings (SSSR count). The van der Waals surface area contributed by atoms with Gasteiger partial charge in [0.1, 0.15) is 0 Å². The summed E-state index contributed by atoms with van der Waals surface area (Å²) < 4.78 is 5.15. The number of benzene rings is 1. The van der Waals surface area contributed by atoms with E-state index in [-0.39, 0.29) is 11.3 Å². The molecule has 0 amide bonds. The standard InChI is InChI=1S/C14H19NO/c1-10(2)16-13(15)11-6-8-12(9-7-11)14(3,4)5/h6-9,15H,1H2,2-5H3. The number of allylic oxidation sites excluding steroid dienone is 1. The van der Waals surface area contributed by atoms with Gasteiger partial charge in [0, 0.05) is 5.56 Å². The van der Waals surface area contributed by atoms with Gasteiger partial charge in [-0.15, -0.1) is 0 Å². The molecule has 0 radical (unpaired) electrons. The van der Waals surface area contributed by atoms with Crippen LogP contribution in [0.2, 0.25) is 0 Å². The van der Waals surface area contributed by atoms with E-state index in [1.54, 1.807) is 6.92 Å². The monoisotopic (exact) mass is 217 g/mol. The molecule has 0 saturated carbocycles. The molecule has 0 aliphatic carbocycles. The zero-order valence-electron chi connectivity index (χ0n) is 10.4. The van der Waals surface area contributed by atoms with E-state index in [9.17, 15) is 0 Å². The number of hydrogen-bond acceptors (Lipinski definition) is 2. The Bertz CT molecular complexity index is 396. The number of nitrogens with one attached hydrogen (secondary N) is 1. The molecule has 0 unspecified atom stereocenters. The topological polar surface area (TPSA) is 33.1 Å². The normalized spacial score (nSPS) is 11.0. The Hall–Kier alpha value is -1.57. The molecule has 2 heteroatoms. The first-order valence-corrected chi connectivity index (χ1v) is 5.33. The fourth-order valence-corrected chi connectivity index (χ4v) is 1.35. The van der Waals surface area contributed by atoms with Gasteiger partial charge in [0.15, 0.2) is 0 Å². The van der Waals surface area contributed by atoms with Gasteiger partial charge in [-0.25, -0.2) is 0 Å². The van der Waals surface area contributed by atoms with Gasteiger partial charge in [0.25, 0.3) is 0 Å². The molecule has 0 spiro atoms. The van der Waals surface area contributed by atoms with Crippen LogP contribution in [0.4, 0.5) is 0 Å². The van der Waals surface area contributed by atoms with E-state index < -0.39 is 0 Å². The molecule has 0 atom stereocenters. The van der Waals surface area contributed by atoms with Crippen molar-refractivity contribution < 1.29 is 4.74 Å². The SMILES string of the molecule is C=C(C)OC(=N)c1ccc(C(C)(C)C)cc1. The average molecular weight is 217 g/mol. The molecular formula is C14H19NO. The lowest BCUT2D eigenvalue weighted by Crippen LogP contribution is -2.11. The lowest BCUT2D eigenvalue weighted by molar-refractivity contribution is 0.417. The zero-order valence-corrected chi connectivity index (χ0v) is 10.4. The third kappa shape index (κ3) is 3.23. The van der Waals surface area contributed by atoms with Crippen molar-refractivity contribution in [1.29, 1.82) is 5.41 Å². The maximum Gasteiger partial charge on any atom is 0.218 e. The molecule has 1 aromatic rings. The van der Waals surface area contributed by atoms with Gasteiger partial charge in [-0.1, -0.05) is 39.5 Å². The molecule has 0 aromatic heterocycles. The molecular weight excluding hydrogens is 198 g/mol. The summed E-state index contributed by atoms with van der Waals surface area (Å²) in [5.74, 6) is 0.679. The highest BCUT2D eigenvalue weighted by molar-refractivity contribution is 5.92. The van der Waals surface area contributed by atoms with Crippen molar-refractivity contribution in [3.8, 4) is 0 Å². The fraction of sp³-hybridized carbons (Fsp3) is 0.357. The quantitative estimate of drug-likeness (QED) is 0.455. The third-order valence-electron chi connectivity index (χ3n) is 2.29. The second-order valence-electron chi connectivity index (χ2n) is 4.96. The van der Waals surface area contributed by atoms with Crippen LogP contribution in [0.3, 0.4) is 0 Å². The number of hydrogen-bond donors (Lipinski definition) is 1. The predicted molar refractivity (Wildman–Crippen MR) is 67.9 cm³/mol. The van der Waals surface area contributed by atoms with E-state index >= 15 is 0 Å². The van der Waals surface area contributed by atoms with Crippen molar-refractivity contribution in [3.05, 3.63) is 47.7 Å². The molecule has 0 bridgehead atoms. The molecule has 86 valence electrons. The Kier molecular flexibility index (Phi) is 3.53. The van der Waals surface area contributed by atoms with Crippen LogP contribution in [0, 0.1) is 5.41 Å². The van der Waals surface area contributed by atoms with Crippen LogP contribution in [-0.4, -0.2) is 5.90 Å². The van der Waals surface area contributed by atoms with E-state index in [0.29, 0.717) is 5.76 Å². The average Bonchev–Trinajstić information content (AvgIpc) is 2.15. The number of rotatable bonds is 2. The van der Waals surface area contributed by atoms with Crippen LogP contribution in [0.5, 0.6) is 0 Å². The minimum Gasteiger partial charge on any atom is -0.444 e. The molecule has 1 N–H and O–H groups in total. The van der Waals surface area contributed by atoms with Gasteiger partial charge in [-0.3, -0.25) is 5.41 Å². The Balaban J connectivity index is 2.87. The molecule has 16 heavy (non-hydrogen) atoms. The Morgan fingerprint density at radius 2 is 1.69 bits per heavy atom. The van der Waals surface area contributed by atoms with E-state index in [2.05, 4.69) is 27.4 Å². The van der Waals surface area contributed by atoms with Gasteiger partial charge >= 0.3 is 0 Å². The van der Waals surface area contributed by atoms with Crippen molar-refractivity contribution in [2.24, 2.45) is 0 Å². The zero-order chi connectivity index (χ0) is 12.3. The van der Waals surface area contributed by atoms with Gasteiger partial charge in [0.2, 0.25) is 5.90 Å². The van der Waals surface area contributed by atoms with Crippen molar-refractivity contribution in [1.82, 2.24) is 0 Å². The highest BCUT2D eigenvalue weighted by atomic mass is 16.5. The van der Waals surface area contributed by atoms with Crippen LogP contribution >= 0.6 is 0 Å². The Labute approximate surface area is 97.5 Å². The Morgan fingerprint density at radius 3 is 2.06 bits per heavy atom. The third-order valence-corrected chi connectivity index (χ3v) is 2.29. The molecule has 0 aliphatic heterocycles. The highest BCUT2D eigenvalue weighted by Crippen LogP contribution is 2.22. The summed E-state index contributed by atoms with van der Waals surface area (Å²) in [6.45, 7) is 11.8. The summed E-state index contributed by atoms with van der Waals surface area (Å²) in [5.41, 5.74) is 2.16. The predicted octanol–water partition coefficient (Wildman–Crippen LogP) is 3.86. The minimum atomic E-state index is 0.135.